The maximum Gasteiger partial charge on any atom is 0.160 e. The van der Waals surface area contributed by atoms with E-state index in [4.69, 9.17) is 9.41 Å². The Kier molecular flexibility index (Phi) is 5.87. The van der Waals surface area contributed by atoms with E-state index in [-0.39, 0.29) is 6.04 Å². The third-order valence-corrected chi connectivity index (χ3v) is 8.85. The summed E-state index contributed by atoms with van der Waals surface area (Å²) >= 11 is 0. The van der Waals surface area contributed by atoms with E-state index in [9.17, 15) is 5.26 Å². The van der Waals surface area contributed by atoms with Crippen molar-refractivity contribution in [3.05, 3.63) is 168 Å². The number of aromatic nitrogens is 1. The Morgan fingerprint density at radius 1 is 0.674 bits per heavy atom. The molecule has 46 heavy (non-hydrogen) atoms. The Balaban J connectivity index is 1.24. The van der Waals surface area contributed by atoms with Gasteiger partial charge in [0.05, 0.1) is 34.4 Å². The van der Waals surface area contributed by atoms with E-state index in [0.717, 1.165) is 72.3 Å². The fourth-order valence-electron chi connectivity index (χ4n) is 6.73. The molecule has 0 spiro atoms. The van der Waals surface area contributed by atoms with Crippen molar-refractivity contribution in [1.82, 2.24) is 9.88 Å². The Morgan fingerprint density at radius 2 is 1.43 bits per heavy atom. The molecule has 3 heterocycles. The summed E-state index contributed by atoms with van der Waals surface area (Å²) in [7, 11) is 0. The fourth-order valence-corrected chi connectivity index (χ4v) is 6.73. The van der Waals surface area contributed by atoms with Crippen LogP contribution < -0.4 is 5.32 Å². The third kappa shape index (κ3) is 4.12. The Labute approximate surface area is 265 Å². The molecular formula is C41H26N4O. The highest BCUT2D eigenvalue weighted by Gasteiger charge is 2.22. The van der Waals surface area contributed by atoms with Crippen LogP contribution in [-0.4, -0.2) is 10.4 Å². The van der Waals surface area contributed by atoms with E-state index >= 15 is 0 Å². The highest BCUT2D eigenvalue weighted by Crippen LogP contribution is 2.40. The molecule has 1 aliphatic heterocycles. The molecule has 6 aromatic carbocycles. The number of amidine groups is 1. The maximum absolute atomic E-state index is 9.58. The lowest BCUT2D eigenvalue weighted by molar-refractivity contribution is 0.671. The lowest BCUT2D eigenvalue weighted by Crippen LogP contribution is -2.31. The molecule has 0 bridgehead atoms. The first-order chi connectivity index (χ1) is 22.7. The summed E-state index contributed by atoms with van der Waals surface area (Å²) in [5.74, 6) is 0.769. The molecule has 9 rings (SSSR count). The van der Waals surface area contributed by atoms with Crippen LogP contribution in [0.1, 0.15) is 28.3 Å². The van der Waals surface area contributed by atoms with Crippen molar-refractivity contribution in [2.45, 2.75) is 6.04 Å². The number of nitrogens with one attached hydrogen (secondary N) is 1. The second-order valence-electron chi connectivity index (χ2n) is 11.6. The summed E-state index contributed by atoms with van der Waals surface area (Å²) in [4.78, 5) is 5.14. The summed E-state index contributed by atoms with van der Waals surface area (Å²) in [6, 6.07) is 49.7. The molecule has 0 saturated carbocycles. The van der Waals surface area contributed by atoms with Gasteiger partial charge in [-0.15, -0.1) is 0 Å². The lowest BCUT2D eigenvalue weighted by Gasteiger charge is -2.25. The number of hydrogen-bond acceptors (Lipinski definition) is 4. The average molecular weight is 591 g/mol. The number of rotatable bonds is 4. The van der Waals surface area contributed by atoms with Crippen LogP contribution >= 0.6 is 0 Å². The Morgan fingerprint density at radius 3 is 2.33 bits per heavy atom. The van der Waals surface area contributed by atoms with Crippen molar-refractivity contribution in [3.63, 3.8) is 0 Å². The van der Waals surface area contributed by atoms with Crippen LogP contribution in [0.5, 0.6) is 0 Å². The number of hydrogen-bond donors (Lipinski definition) is 1. The maximum atomic E-state index is 9.58. The molecule has 0 amide bonds. The molecule has 1 N–H and O–H groups in total. The van der Waals surface area contributed by atoms with Gasteiger partial charge in [-0.3, -0.25) is 0 Å². The summed E-state index contributed by atoms with van der Waals surface area (Å²) in [5, 5.41) is 17.8. The van der Waals surface area contributed by atoms with Crippen molar-refractivity contribution in [3.8, 4) is 11.8 Å². The van der Waals surface area contributed by atoms with Crippen molar-refractivity contribution < 1.29 is 4.42 Å². The molecule has 216 valence electrons. The zero-order valence-corrected chi connectivity index (χ0v) is 24.7. The minimum absolute atomic E-state index is 0.164. The van der Waals surface area contributed by atoms with E-state index in [1.165, 1.54) is 5.39 Å². The predicted octanol–water partition coefficient (Wildman–Crippen LogP) is 9.69. The summed E-state index contributed by atoms with van der Waals surface area (Å²) in [6.45, 7) is 0. The van der Waals surface area contributed by atoms with Gasteiger partial charge in [-0.2, -0.15) is 5.26 Å². The third-order valence-electron chi connectivity index (χ3n) is 8.85. The molecule has 8 aromatic rings. The quantitative estimate of drug-likeness (QED) is 0.222. The summed E-state index contributed by atoms with van der Waals surface area (Å²) in [6.07, 6.45) is 2.13. The van der Waals surface area contributed by atoms with Gasteiger partial charge in [0.1, 0.15) is 11.4 Å². The highest BCUT2D eigenvalue weighted by atomic mass is 16.3. The van der Waals surface area contributed by atoms with E-state index in [2.05, 4.69) is 107 Å². The van der Waals surface area contributed by atoms with Gasteiger partial charge in [-0.05, 0) is 59.7 Å². The lowest BCUT2D eigenvalue weighted by atomic mass is 9.99. The van der Waals surface area contributed by atoms with Gasteiger partial charge < -0.3 is 14.3 Å². The molecule has 0 saturated heterocycles. The summed E-state index contributed by atoms with van der Waals surface area (Å²) < 4.78 is 8.87. The second-order valence-corrected chi connectivity index (χ2v) is 11.6. The molecule has 1 atom stereocenters. The normalized spacial score (nSPS) is 14.7. The molecule has 0 aliphatic carbocycles. The van der Waals surface area contributed by atoms with Crippen LogP contribution in [-0.2, 0) is 0 Å². The van der Waals surface area contributed by atoms with Gasteiger partial charge in [-0.25, -0.2) is 4.99 Å². The number of para-hydroxylation sites is 2. The van der Waals surface area contributed by atoms with Crippen molar-refractivity contribution in [1.29, 1.82) is 5.26 Å². The molecule has 1 aliphatic rings. The molecule has 2 aromatic heterocycles. The first-order valence-electron chi connectivity index (χ1n) is 15.3. The van der Waals surface area contributed by atoms with Crippen LogP contribution in [0.4, 0.5) is 0 Å². The zero-order valence-electron chi connectivity index (χ0n) is 24.7. The van der Waals surface area contributed by atoms with Gasteiger partial charge in [0.15, 0.2) is 5.58 Å². The standard InChI is InChI=1S/C41H26N4O/c42-25-26-10-8-13-28(22-26)36-24-35(27-11-2-1-3-12-27)43-41(44-36)29-14-9-15-30(23-29)45-37-18-6-4-16-31(37)33-20-21-34-32-17-5-7-19-38(32)46-40(34)39(33)45/h1-24,36H,(H,43,44). The largest absolute Gasteiger partial charge is 0.454 e. The van der Waals surface area contributed by atoms with Gasteiger partial charge in [0.2, 0.25) is 0 Å². The van der Waals surface area contributed by atoms with E-state index in [0.29, 0.717) is 5.56 Å². The van der Waals surface area contributed by atoms with E-state index < -0.39 is 0 Å². The molecule has 1 unspecified atom stereocenters. The van der Waals surface area contributed by atoms with Crippen molar-refractivity contribution in [2.24, 2.45) is 4.99 Å². The van der Waals surface area contributed by atoms with Crippen LogP contribution in [0.3, 0.4) is 0 Å². The van der Waals surface area contributed by atoms with Crippen LogP contribution in [0.15, 0.2) is 155 Å². The van der Waals surface area contributed by atoms with E-state index in [1.54, 1.807) is 0 Å². The van der Waals surface area contributed by atoms with Crippen LogP contribution in [0.25, 0.3) is 55.1 Å². The molecular weight excluding hydrogens is 564 g/mol. The smallest absolute Gasteiger partial charge is 0.160 e. The van der Waals surface area contributed by atoms with E-state index in [1.807, 2.05) is 54.6 Å². The van der Waals surface area contributed by atoms with Crippen molar-refractivity contribution >= 4 is 55.3 Å². The molecule has 0 radical (unpaired) electrons. The van der Waals surface area contributed by atoms with Crippen LogP contribution in [0.2, 0.25) is 0 Å². The average Bonchev–Trinajstić information content (AvgIpc) is 3.68. The topological polar surface area (TPSA) is 66.2 Å². The molecule has 0 fully saturated rings. The Hall–Kier alpha value is -6.38. The number of benzene rings is 6. The van der Waals surface area contributed by atoms with Crippen molar-refractivity contribution in [2.75, 3.05) is 0 Å². The first-order valence-corrected chi connectivity index (χ1v) is 15.3. The second kappa shape index (κ2) is 10.4. The number of nitriles is 1. The zero-order chi connectivity index (χ0) is 30.6. The minimum atomic E-state index is -0.164. The van der Waals surface area contributed by atoms with Gasteiger partial charge >= 0.3 is 0 Å². The minimum Gasteiger partial charge on any atom is -0.454 e. The number of aliphatic imine (C=N–C) groups is 1. The molecule has 5 nitrogen and oxygen atoms in total. The fraction of sp³-hybridized carbons (Fsp3) is 0.0244. The predicted molar refractivity (Wildman–Crippen MR) is 186 cm³/mol. The van der Waals surface area contributed by atoms with Gasteiger partial charge in [0, 0.05) is 32.8 Å². The SMILES string of the molecule is N#Cc1cccc(C2C=C(c3ccccc3)N=C(c3cccc(-n4c5ccccc5c5ccc6c7ccccc7oc6c54)c3)N2)c1. The van der Waals surface area contributed by atoms with Gasteiger partial charge in [-0.1, -0.05) is 97.1 Å². The number of furan rings is 1. The van der Waals surface area contributed by atoms with Gasteiger partial charge in [0.25, 0.3) is 0 Å². The molecule has 5 heteroatoms. The first kappa shape index (κ1) is 26.1. The Bertz CT molecular complexity index is 2580. The van der Waals surface area contributed by atoms with Crippen LogP contribution in [0, 0.1) is 11.3 Å². The number of fused-ring (bicyclic) bond motifs is 7. The summed E-state index contributed by atoms with van der Waals surface area (Å²) in [5.41, 5.74) is 9.43. The highest BCUT2D eigenvalue weighted by molar-refractivity contribution is 6.21. The number of nitrogens with zero attached hydrogens (tertiary/aromatic N) is 3. The monoisotopic (exact) mass is 590 g/mol.